The van der Waals surface area contributed by atoms with E-state index in [2.05, 4.69) is 25.9 Å². The van der Waals surface area contributed by atoms with Crippen LogP contribution in [0.2, 0.25) is 0 Å². The molecule has 4 rings (SSSR count). The van der Waals surface area contributed by atoms with Gasteiger partial charge in [-0.3, -0.25) is 9.59 Å². The van der Waals surface area contributed by atoms with Crippen molar-refractivity contribution < 1.29 is 4.79 Å². The summed E-state index contributed by atoms with van der Waals surface area (Å²) in [5.41, 5.74) is 1.08. The molecule has 9 heteroatoms. The number of rotatable bonds is 6. The summed E-state index contributed by atoms with van der Waals surface area (Å²) in [6, 6.07) is 1.87. The van der Waals surface area contributed by atoms with E-state index in [0.717, 1.165) is 10.2 Å². The molecule has 156 valence electrons. The van der Waals surface area contributed by atoms with Crippen LogP contribution in [0.3, 0.4) is 0 Å². The number of carbonyl (C=O) groups excluding carboxylic acids is 1. The fraction of sp³-hybridized carbons (Fsp3) is 0.571. The predicted octanol–water partition coefficient (Wildman–Crippen LogP) is 1.09. The third-order valence-electron chi connectivity index (χ3n) is 6.50. The van der Waals surface area contributed by atoms with E-state index in [4.69, 9.17) is 7.85 Å². The molecule has 30 heavy (non-hydrogen) atoms. The van der Waals surface area contributed by atoms with E-state index >= 15 is 0 Å². The number of amides is 1. The minimum Gasteiger partial charge on any atom is -0.381 e. The van der Waals surface area contributed by atoms with Gasteiger partial charge in [0.05, 0.1) is 24.1 Å². The van der Waals surface area contributed by atoms with Crippen molar-refractivity contribution in [1.82, 2.24) is 25.3 Å². The topological polar surface area (TPSA) is 102 Å². The van der Waals surface area contributed by atoms with Crippen LogP contribution in [0.25, 0.3) is 0 Å². The molecule has 2 aliphatic carbocycles. The van der Waals surface area contributed by atoms with Gasteiger partial charge in [0.2, 0.25) is 5.91 Å². The molecular formula is C21H27BN6O2. The lowest BCUT2D eigenvalue weighted by atomic mass is 9.68. The number of aromatic nitrogens is 4. The number of anilines is 1. The summed E-state index contributed by atoms with van der Waals surface area (Å²) in [5, 5.41) is 18.1. The van der Waals surface area contributed by atoms with Crippen molar-refractivity contribution in [3.63, 3.8) is 0 Å². The molecule has 0 saturated heterocycles. The summed E-state index contributed by atoms with van der Waals surface area (Å²) in [5.74, 6) is 0.944. The van der Waals surface area contributed by atoms with Crippen LogP contribution >= 0.6 is 0 Å². The zero-order valence-electron chi connectivity index (χ0n) is 17.3. The van der Waals surface area contributed by atoms with Gasteiger partial charge in [-0.05, 0) is 61.5 Å². The fourth-order valence-corrected chi connectivity index (χ4v) is 4.89. The predicted molar refractivity (Wildman–Crippen MR) is 115 cm³/mol. The van der Waals surface area contributed by atoms with Gasteiger partial charge in [0.1, 0.15) is 14.4 Å². The standard InChI is InChI=1S/C21H27BN6O2/c1-13(16-8-9-23-24-10-16)26-18(29)12-28-21(30)19(22)17(11-25-28)27-20-14-4-2-5-15(20)7-3-6-14/h8-11,13-15,20,27H,2-7,12H2,1H3,(H,26,29). The second-order valence-electron chi connectivity index (χ2n) is 8.45. The molecule has 0 aromatic carbocycles. The molecule has 2 fully saturated rings. The van der Waals surface area contributed by atoms with Gasteiger partial charge in [-0.15, -0.1) is 0 Å². The largest absolute Gasteiger partial charge is 0.381 e. The zero-order valence-corrected chi connectivity index (χ0v) is 17.3. The number of nitrogens with zero attached hydrogens (tertiary/aromatic N) is 4. The zero-order chi connectivity index (χ0) is 21.1. The molecule has 2 aromatic rings. The lowest BCUT2D eigenvalue weighted by Gasteiger charge is -2.43. The van der Waals surface area contributed by atoms with Crippen LogP contribution in [0.15, 0.2) is 29.5 Å². The van der Waals surface area contributed by atoms with Gasteiger partial charge in [-0.1, -0.05) is 12.8 Å². The smallest absolute Gasteiger partial charge is 0.262 e. The molecule has 1 atom stereocenters. The molecule has 2 saturated carbocycles. The van der Waals surface area contributed by atoms with Crippen molar-refractivity contribution in [2.45, 2.75) is 64.1 Å². The number of carbonyl (C=O) groups is 1. The summed E-state index contributed by atoms with van der Waals surface area (Å²) < 4.78 is 1.11. The maximum Gasteiger partial charge on any atom is 0.262 e. The quantitative estimate of drug-likeness (QED) is 0.697. The monoisotopic (exact) mass is 406 g/mol. The number of fused-ring (bicyclic) bond motifs is 2. The molecule has 2 N–H and O–H groups in total. The van der Waals surface area contributed by atoms with E-state index in [-0.39, 0.29) is 24.0 Å². The van der Waals surface area contributed by atoms with Crippen LogP contribution in [-0.2, 0) is 11.3 Å². The first-order chi connectivity index (χ1) is 14.5. The van der Waals surface area contributed by atoms with Gasteiger partial charge in [-0.2, -0.15) is 15.3 Å². The van der Waals surface area contributed by atoms with Gasteiger partial charge >= 0.3 is 0 Å². The minimum atomic E-state index is -0.450. The highest BCUT2D eigenvalue weighted by atomic mass is 16.2. The second kappa shape index (κ2) is 8.98. The first-order valence-electron chi connectivity index (χ1n) is 10.7. The van der Waals surface area contributed by atoms with Crippen LogP contribution in [-0.4, -0.2) is 39.8 Å². The van der Waals surface area contributed by atoms with Crippen molar-refractivity contribution in [2.75, 3.05) is 5.32 Å². The molecule has 2 aromatic heterocycles. The highest BCUT2D eigenvalue weighted by Gasteiger charge is 2.36. The van der Waals surface area contributed by atoms with Gasteiger partial charge in [0.25, 0.3) is 5.56 Å². The number of hydrogen-bond acceptors (Lipinski definition) is 6. The van der Waals surface area contributed by atoms with Gasteiger partial charge in [0.15, 0.2) is 0 Å². The van der Waals surface area contributed by atoms with Crippen molar-refractivity contribution in [2.24, 2.45) is 11.8 Å². The third kappa shape index (κ3) is 4.39. The third-order valence-corrected chi connectivity index (χ3v) is 6.50. The first-order valence-corrected chi connectivity index (χ1v) is 10.7. The Bertz CT molecular complexity index is 928. The first kappa shape index (κ1) is 20.6. The van der Waals surface area contributed by atoms with Gasteiger partial charge < -0.3 is 10.6 Å². The molecular weight excluding hydrogens is 379 g/mol. The van der Waals surface area contributed by atoms with Crippen LogP contribution in [0.5, 0.6) is 0 Å². The minimum absolute atomic E-state index is 0.118. The Kier molecular flexibility index (Phi) is 6.15. The van der Waals surface area contributed by atoms with E-state index < -0.39 is 5.56 Å². The molecule has 8 nitrogen and oxygen atoms in total. The van der Waals surface area contributed by atoms with E-state index in [1.54, 1.807) is 24.7 Å². The maximum absolute atomic E-state index is 12.7. The lowest BCUT2D eigenvalue weighted by Crippen LogP contribution is -2.46. The van der Waals surface area contributed by atoms with Gasteiger partial charge in [0, 0.05) is 12.2 Å². The molecule has 1 unspecified atom stereocenters. The normalized spacial score (nSPS) is 24.1. The van der Waals surface area contributed by atoms with E-state index in [1.165, 1.54) is 38.5 Å². The Morgan fingerprint density at radius 3 is 2.53 bits per heavy atom. The molecule has 2 heterocycles. The molecule has 1 amide bonds. The number of hydrogen-bond donors (Lipinski definition) is 2. The second-order valence-corrected chi connectivity index (χ2v) is 8.45. The summed E-state index contributed by atoms with van der Waals surface area (Å²) in [4.78, 5) is 25.1. The Labute approximate surface area is 177 Å². The lowest BCUT2D eigenvalue weighted by molar-refractivity contribution is -0.122. The van der Waals surface area contributed by atoms with Crippen molar-refractivity contribution in [3.8, 4) is 0 Å². The number of nitrogens with one attached hydrogen (secondary N) is 2. The van der Waals surface area contributed by atoms with E-state index in [0.29, 0.717) is 23.6 Å². The average molecular weight is 406 g/mol. The van der Waals surface area contributed by atoms with E-state index in [1.807, 2.05) is 6.92 Å². The highest BCUT2D eigenvalue weighted by Crippen LogP contribution is 2.41. The van der Waals surface area contributed by atoms with Gasteiger partial charge in [-0.25, -0.2) is 4.68 Å². The average Bonchev–Trinajstić information content (AvgIpc) is 2.74. The van der Waals surface area contributed by atoms with Crippen molar-refractivity contribution in [1.29, 1.82) is 0 Å². The Morgan fingerprint density at radius 2 is 1.90 bits per heavy atom. The molecule has 0 aliphatic heterocycles. The maximum atomic E-state index is 12.7. The molecule has 0 spiro atoms. The van der Waals surface area contributed by atoms with Crippen LogP contribution in [0.1, 0.15) is 57.1 Å². The van der Waals surface area contributed by atoms with E-state index in [9.17, 15) is 9.59 Å². The Morgan fingerprint density at radius 1 is 1.20 bits per heavy atom. The Hall–Kier alpha value is -2.71. The molecule has 2 radical (unpaired) electrons. The van der Waals surface area contributed by atoms with Crippen LogP contribution < -0.4 is 21.7 Å². The summed E-state index contributed by atoms with van der Waals surface area (Å²) in [6.07, 6.45) is 12.2. The van der Waals surface area contributed by atoms with Crippen LogP contribution in [0.4, 0.5) is 5.69 Å². The van der Waals surface area contributed by atoms with Crippen molar-refractivity contribution >= 4 is 24.9 Å². The summed E-state index contributed by atoms with van der Waals surface area (Å²) >= 11 is 0. The molecule has 2 bridgehead atoms. The molecule has 2 aliphatic rings. The Balaban J connectivity index is 1.42. The van der Waals surface area contributed by atoms with Crippen LogP contribution in [0, 0.1) is 11.8 Å². The highest BCUT2D eigenvalue weighted by molar-refractivity contribution is 6.35. The summed E-state index contributed by atoms with van der Waals surface area (Å²) in [7, 11) is 6.14. The SMILES string of the molecule is [B]c1c(NC2C3CCCC2CCC3)cnn(CC(=O)NC(C)c2ccnnc2)c1=O. The fourth-order valence-electron chi connectivity index (χ4n) is 4.89. The summed E-state index contributed by atoms with van der Waals surface area (Å²) in [6.45, 7) is 1.65. The van der Waals surface area contributed by atoms with Crippen molar-refractivity contribution in [3.05, 3.63) is 40.6 Å².